The first-order valence-electron chi connectivity index (χ1n) is 11.6. The molecule has 0 aliphatic carbocycles. The molecule has 6 rings (SSSR count). The van der Waals surface area contributed by atoms with E-state index in [9.17, 15) is 14.7 Å². The molecule has 6 heteroatoms. The van der Waals surface area contributed by atoms with Crippen molar-refractivity contribution in [1.82, 2.24) is 4.98 Å². The summed E-state index contributed by atoms with van der Waals surface area (Å²) in [6.45, 7) is 1.91. The van der Waals surface area contributed by atoms with Crippen LogP contribution in [0.2, 0.25) is 5.02 Å². The highest BCUT2D eigenvalue weighted by Gasteiger charge is 2.48. The number of para-hydroxylation sites is 1. The zero-order valence-corrected chi connectivity index (χ0v) is 20.1. The first kappa shape index (κ1) is 22.1. The lowest BCUT2D eigenvalue weighted by atomic mass is 9.92. The smallest absolute Gasteiger partial charge is 0.300 e. The van der Waals surface area contributed by atoms with Gasteiger partial charge in [0.05, 0.1) is 11.6 Å². The monoisotopic (exact) mass is 492 g/mol. The molecule has 0 saturated carbocycles. The molecule has 2 N–H and O–H groups in total. The van der Waals surface area contributed by atoms with Crippen LogP contribution < -0.4 is 4.90 Å². The SMILES string of the molecule is Cc1[nH]c2ccccc2c1C1/C(=C(\O)c2cccc3ccccc23)C(=O)C(=O)N1c1cccc(Cl)c1. The van der Waals surface area contributed by atoms with Crippen LogP contribution in [-0.2, 0) is 9.59 Å². The molecule has 0 bridgehead atoms. The molecule has 1 amide bonds. The minimum Gasteiger partial charge on any atom is -0.507 e. The van der Waals surface area contributed by atoms with Gasteiger partial charge in [-0.25, -0.2) is 0 Å². The molecule has 1 atom stereocenters. The molecule has 36 heavy (non-hydrogen) atoms. The lowest BCUT2D eigenvalue weighted by Crippen LogP contribution is -2.29. The number of aliphatic hydroxyl groups excluding tert-OH is 1. The highest BCUT2D eigenvalue weighted by molar-refractivity contribution is 6.52. The van der Waals surface area contributed by atoms with Gasteiger partial charge in [0.1, 0.15) is 5.76 Å². The highest BCUT2D eigenvalue weighted by atomic mass is 35.5. The zero-order valence-electron chi connectivity index (χ0n) is 19.3. The van der Waals surface area contributed by atoms with E-state index >= 15 is 0 Å². The molecule has 1 unspecified atom stereocenters. The van der Waals surface area contributed by atoms with Gasteiger partial charge >= 0.3 is 0 Å². The Labute approximate surface area is 212 Å². The summed E-state index contributed by atoms with van der Waals surface area (Å²) in [5.41, 5.74) is 3.47. The van der Waals surface area contributed by atoms with Crippen molar-refractivity contribution in [2.24, 2.45) is 0 Å². The van der Waals surface area contributed by atoms with E-state index in [0.29, 0.717) is 16.3 Å². The third kappa shape index (κ3) is 3.32. The van der Waals surface area contributed by atoms with Gasteiger partial charge in [0, 0.05) is 38.4 Å². The summed E-state index contributed by atoms with van der Waals surface area (Å²) in [5.74, 6) is -1.66. The first-order chi connectivity index (χ1) is 17.5. The number of Topliss-reactive ketones (excluding diaryl/α,β-unsaturated/α-hetero) is 1. The molecule has 5 aromatic rings. The number of benzene rings is 4. The molecule has 4 aromatic carbocycles. The summed E-state index contributed by atoms with van der Waals surface area (Å²) in [6.07, 6.45) is 0. The molecule has 1 saturated heterocycles. The van der Waals surface area contributed by atoms with Crippen LogP contribution in [0.1, 0.15) is 22.9 Å². The van der Waals surface area contributed by atoms with Gasteiger partial charge in [-0.3, -0.25) is 14.5 Å². The van der Waals surface area contributed by atoms with Crippen molar-refractivity contribution >= 4 is 56.4 Å². The second-order valence-corrected chi connectivity index (χ2v) is 9.32. The summed E-state index contributed by atoms with van der Waals surface area (Å²) in [6, 6.07) is 26.9. The van der Waals surface area contributed by atoms with Crippen LogP contribution in [0.25, 0.3) is 27.4 Å². The number of aromatic amines is 1. The molecule has 5 nitrogen and oxygen atoms in total. The summed E-state index contributed by atoms with van der Waals surface area (Å²) in [4.78, 5) is 32.0. The van der Waals surface area contributed by atoms with Gasteiger partial charge in [0.25, 0.3) is 11.7 Å². The van der Waals surface area contributed by atoms with Crippen LogP contribution >= 0.6 is 11.6 Å². The largest absolute Gasteiger partial charge is 0.507 e. The van der Waals surface area contributed by atoms with Gasteiger partial charge < -0.3 is 10.1 Å². The van der Waals surface area contributed by atoms with E-state index in [4.69, 9.17) is 11.6 Å². The van der Waals surface area contributed by atoms with E-state index in [-0.39, 0.29) is 11.3 Å². The first-order valence-corrected chi connectivity index (χ1v) is 12.0. The molecule has 1 aromatic heterocycles. The number of rotatable bonds is 3. The summed E-state index contributed by atoms with van der Waals surface area (Å²) < 4.78 is 0. The van der Waals surface area contributed by atoms with Crippen molar-refractivity contribution < 1.29 is 14.7 Å². The van der Waals surface area contributed by atoms with Crippen molar-refractivity contribution in [3.8, 4) is 0 Å². The number of nitrogens with zero attached hydrogens (tertiary/aromatic N) is 1. The number of carbonyl (C=O) groups excluding carboxylic acids is 2. The molecule has 1 aliphatic rings. The van der Waals surface area contributed by atoms with Crippen molar-refractivity contribution in [3.63, 3.8) is 0 Å². The number of H-pyrrole nitrogens is 1. The Morgan fingerprint density at radius 2 is 1.58 bits per heavy atom. The fourth-order valence-electron chi connectivity index (χ4n) is 5.23. The number of fused-ring (bicyclic) bond motifs is 2. The standard InChI is InChI=1S/C30H21ClN2O3/c1-17-25(23-13-4-5-15-24(23)32-17)27-26(28(34)22-14-6-9-18-8-2-3-12-21(18)22)29(35)30(36)33(27)20-11-7-10-19(31)16-20/h2-16,27,32,34H,1H3/b28-26+. The molecule has 0 radical (unpaired) electrons. The molecular formula is C30H21ClN2O3. The minimum atomic E-state index is -0.849. The number of amides is 1. The normalized spacial score (nSPS) is 17.4. The fraction of sp³-hybridized carbons (Fsp3) is 0.0667. The second kappa shape index (κ2) is 8.40. The highest BCUT2D eigenvalue weighted by Crippen LogP contribution is 2.46. The Morgan fingerprint density at radius 1 is 0.889 bits per heavy atom. The molecule has 0 spiro atoms. The van der Waals surface area contributed by atoms with Crippen LogP contribution in [-0.4, -0.2) is 21.8 Å². The number of aromatic nitrogens is 1. The Morgan fingerprint density at radius 3 is 2.39 bits per heavy atom. The van der Waals surface area contributed by atoms with Gasteiger partial charge in [-0.1, -0.05) is 78.3 Å². The Hall–Kier alpha value is -4.35. The number of carbonyl (C=O) groups is 2. The van der Waals surface area contributed by atoms with Gasteiger partial charge in [0.2, 0.25) is 0 Å². The van der Waals surface area contributed by atoms with Crippen LogP contribution in [0.4, 0.5) is 5.69 Å². The molecule has 1 fully saturated rings. The van der Waals surface area contributed by atoms with Crippen LogP contribution in [0, 0.1) is 6.92 Å². The summed E-state index contributed by atoms with van der Waals surface area (Å²) in [5, 5.41) is 14.7. The van der Waals surface area contributed by atoms with Crippen LogP contribution in [0.5, 0.6) is 0 Å². The number of nitrogens with one attached hydrogen (secondary N) is 1. The van der Waals surface area contributed by atoms with Gasteiger partial charge in [-0.05, 0) is 42.0 Å². The average molecular weight is 493 g/mol. The van der Waals surface area contributed by atoms with E-state index in [1.165, 1.54) is 4.90 Å². The second-order valence-electron chi connectivity index (χ2n) is 8.88. The predicted octanol–water partition coefficient (Wildman–Crippen LogP) is 6.91. The number of halogens is 1. The number of aryl methyl sites for hydroxylation is 1. The van der Waals surface area contributed by atoms with E-state index in [2.05, 4.69) is 4.98 Å². The molecule has 176 valence electrons. The predicted molar refractivity (Wildman–Crippen MR) is 143 cm³/mol. The van der Waals surface area contributed by atoms with Gasteiger partial charge in [-0.15, -0.1) is 0 Å². The maximum Gasteiger partial charge on any atom is 0.300 e. The van der Waals surface area contributed by atoms with E-state index < -0.39 is 17.7 Å². The minimum absolute atomic E-state index is 0.0455. The number of ketones is 1. The average Bonchev–Trinajstić information content (AvgIpc) is 3.35. The topological polar surface area (TPSA) is 73.4 Å². The maximum atomic E-state index is 13.6. The summed E-state index contributed by atoms with van der Waals surface area (Å²) >= 11 is 6.28. The summed E-state index contributed by atoms with van der Waals surface area (Å²) in [7, 11) is 0. The van der Waals surface area contributed by atoms with Crippen molar-refractivity contribution in [2.75, 3.05) is 4.90 Å². The van der Waals surface area contributed by atoms with Gasteiger partial charge in [0.15, 0.2) is 0 Å². The number of aliphatic hydroxyl groups is 1. The number of hydrogen-bond donors (Lipinski definition) is 2. The lowest BCUT2D eigenvalue weighted by Gasteiger charge is -2.26. The van der Waals surface area contributed by atoms with Crippen LogP contribution in [0.3, 0.4) is 0 Å². The fourth-order valence-corrected chi connectivity index (χ4v) is 5.41. The van der Waals surface area contributed by atoms with Crippen molar-refractivity contribution in [1.29, 1.82) is 0 Å². The third-order valence-corrected chi connectivity index (χ3v) is 7.03. The van der Waals surface area contributed by atoms with Crippen molar-refractivity contribution in [2.45, 2.75) is 13.0 Å². The zero-order chi connectivity index (χ0) is 25.0. The third-order valence-electron chi connectivity index (χ3n) is 6.79. The lowest BCUT2D eigenvalue weighted by molar-refractivity contribution is -0.132. The van der Waals surface area contributed by atoms with E-state index in [1.54, 1.807) is 30.3 Å². The Kier molecular flexibility index (Phi) is 5.16. The quantitative estimate of drug-likeness (QED) is 0.163. The Balaban J connectivity index is 1.68. The molecule has 2 heterocycles. The molecule has 1 aliphatic heterocycles. The van der Waals surface area contributed by atoms with E-state index in [1.807, 2.05) is 67.6 Å². The van der Waals surface area contributed by atoms with E-state index in [0.717, 1.165) is 32.9 Å². The number of anilines is 1. The van der Waals surface area contributed by atoms with Crippen LogP contribution in [0.15, 0.2) is 96.6 Å². The maximum absolute atomic E-state index is 13.6. The number of hydrogen-bond acceptors (Lipinski definition) is 3. The van der Waals surface area contributed by atoms with Crippen molar-refractivity contribution in [3.05, 3.63) is 118 Å². The van der Waals surface area contributed by atoms with Gasteiger partial charge in [-0.2, -0.15) is 0 Å². The Bertz CT molecular complexity index is 1730. The molecular weight excluding hydrogens is 472 g/mol.